The fourth-order valence-electron chi connectivity index (χ4n) is 3.57. The zero-order valence-corrected chi connectivity index (χ0v) is 19.6. The lowest BCUT2D eigenvalue weighted by Crippen LogP contribution is -2.49. The maximum Gasteiger partial charge on any atom is 0.300 e. The average molecular weight is 463 g/mol. The molecule has 32 heavy (non-hydrogen) atoms. The molecule has 1 saturated carbocycles. The van der Waals surface area contributed by atoms with E-state index in [1.54, 1.807) is 18.8 Å². The van der Waals surface area contributed by atoms with Crippen LogP contribution in [0.15, 0.2) is 23.8 Å². The maximum absolute atomic E-state index is 12.6. The van der Waals surface area contributed by atoms with Crippen LogP contribution in [-0.4, -0.2) is 52.1 Å². The van der Waals surface area contributed by atoms with Gasteiger partial charge in [-0.2, -0.15) is 0 Å². The van der Waals surface area contributed by atoms with Crippen molar-refractivity contribution in [1.82, 2.24) is 20.6 Å². The summed E-state index contributed by atoms with van der Waals surface area (Å²) in [6.45, 7) is 5.31. The number of aromatic nitrogens is 2. The summed E-state index contributed by atoms with van der Waals surface area (Å²) in [5.41, 5.74) is 4.33. The summed E-state index contributed by atoms with van der Waals surface area (Å²) in [5.74, 6) is -1.08. The number of nitrogens with one attached hydrogen (secondary N) is 2. The Morgan fingerprint density at radius 2 is 1.97 bits per heavy atom. The Morgan fingerprint density at radius 3 is 2.56 bits per heavy atom. The minimum atomic E-state index is -0.833. The summed E-state index contributed by atoms with van der Waals surface area (Å²) in [7, 11) is 1.62. The molecule has 0 aromatic carbocycles. The molecule has 1 aliphatic rings. The molecule has 0 bridgehead atoms. The fourth-order valence-corrected chi connectivity index (χ4v) is 4.27. The molecular formula is C22H30N4O5S. The summed E-state index contributed by atoms with van der Waals surface area (Å²) >= 11 is 1.33. The Hall–Kier alpha value is -2.85. The van der Waals surface area contributed by atoms with Gasteiger partial charge < -0.3 is 20.5 Å². The van der Waals surface area contributed by atoms with E-state index < -0.39 is 5.97 Å². The quantitative estimate of drug-likeness (QED) is 0.601. The predicted molar refractivity (Wildman–Crippen MR) is 120 cm³/mol. The van der Waals surface area contributed by atoms with Gasteiger partial charge in [-0.25, -0.2) is 4.98 Å². The molecule has 10 heteroatoms. The van der Waals surface area contributed by atoms with Crippen molar-refractivity contribution < 1.29 is 24.2 Å². The van der Waals surface area contributed by atoms with Crippen molar-refractivity contribution in [1.29, 1.82) is 0 Å². The monoisotopic (exact) mass is 462 g/mol. The summed E-state index contributed by atoms with van der Waals surface area (Å²) in [6.07, 6.45) is 3.52. The van der Waals surface area contributed by atoms with Crippen LogP contribution in [0.1, 0.15) is 52.8 Å². The largest absolute Gasteiger partial charge is 0.481 e. The molecule has 2 amide bonds. The molecule has 3 rings (SSSR count). The number of aryl methyl sites for hydroxylation is 2. The van der Waals surface area contributed by atoms with Crippen LogP contribution in [0.3, 0.4) is 0 Å². The molecule has 0 unspecified atom stereocenters. The molecule has 0 saturated heterocycles. The van der Waals surface area contributed by atoms with Crippen molar-refractivity contribution in [3.8, 4) is 0 Å². The number of rotatable bonds is 6. The van der Waals surface area contributed by atoms with Gasteiger partial charge in [-0.15, -0.1) is 11.3 Å². The molecule has 2 aromatic rings. The SMILES string of the molecule is CC(=O)O.CO[C@H]1C[C@@H](C(=O)NCc2ncccc2C)CC[C@@H]1NC(=O)c1scnc1C. The first-order valence-electron chi connectivity index (χ1n) is 10.3. The van der Waals surface area contributed by atoms with Crippen molar-refractivity contribution >= 4 is 29.1 Å². The van der Waals surface area contributed by atoms with E-state index in [2.05, 4.69) is 20.6 Å². The summed E-state index contributed by atoms with van der Waals surface area (Å²) in [6, 6.07) is 3.75. The third-order valence-electron chi connectivity index (χ3n) is 5.28. The highest BCUT2D eigenvalue weighted by atomic mass is 32.1. The molecule has 1 fully saturated rings. The topological polar surface area (TPSA) is 131 Å². The number of hydrogen-bond donors (Lipinski definition) is 3. The number of carboxylic acids is 1. The molecule has 174 valence electrons. The van der Waals surface area contributed by atoms with Crippen molar-refractivity contribution in [3.05, 3.63) is 45.7 Å². The number of ether oxygens (including phenoxy) is 1. The van der Waals surface area contributed by atoms with E-state index in [1.165, 1.54) is 11.3 Å². The van der Waals surface area contributed by atoms with Crippen LogP contribution < -0.4 is 10.6 Å². The number of hydrogen-bond acceptors (Lipinski definition) is 7. The van der Waals surface area contributed by atoms with E-state index >= 15 is 0 Å². The minimum absolute atomic E-state index is 0.00943. The highest BCUT2D eigenvalue weighted by Crippen LogP contribution is 2.27. The normalized spacial score (nSPS) is 19.9. The lowest BCUT2D eigenvalue weighted by molar-refractivity contribution is -0.134. The van der Waals surface area contributed by atoms with Gasteiger partial charge in [0.05, 0.1) is 35.6 Å². The second-order valence-corrected chi connectivity index (χ2v) is 8.49. The van der Waals surface area contributed by atoms with Gasteiger partial charge in [0.2, 0.25) is 5.91 Å². The molecule has 2 aromatic heterocycles. The third kappa shape index (κ3) is 7.38. The number of carboxylic acid groups (broad SMARTS) is 1. The average Bonchev–Trinajstić information content (AvgIpc) is 3.18. The smallest absolute Gasteiger partial charge is 0.300 e. The van der Waals surface area contributed by atoms with E-state index in [9.17, 15) is 9.59 Å². The first-order chi connectivity index (χ1) is 15.2. The Morgan fingerprint density at radius 1 is 1.25 bits per heavy atom. The number of carbonyl (C=O) groups excluding carboxylic acids is 2. The Balaban J connectivity index is 0.000000837. The zero-order valence-electron chi connectivity index (χ0n) is 18.8. The lowest BCUT2D eigenvalue weighted by atomic mass is 9.83. The number of carbonyl (C=O) groups is 3. The first kappa shape index (κ1) is 25.4. The Kier molecular flexibility index (Phi) is 9.73. The van der Waals surface area contributed by atoms with Gasteiger partial charge in [0, 0.05) is 26.1 Å². The second kappa shape index (κ2) is 12.3. The Bertz CT molecular complexity index is 929. The summed E-state index contributed by atoms with van der Waals surface area (Å²) in [4.78, 5) is 43.2. The van der Waals surface area contributed by atoms with Crippen LogP contribution in [0.4, 0.5) is 0 Å². The molecule has 0 radical (unpaired) electrons. The number of pyridine rings is 1. The molecule has 9 nitrogen and oxygen atoms in total. The maximum atomic E-state index is 12.6. The van der Waals surface area contributed by atoms with Crippen LogP contribution in [0.2, 0.25) is 0 Å². The zero-order chi connectivity index (χ0) is 23.7. The van der Waals surface area contributed by atoms with Crippen LogP contribution in [0, 0.1) is 19.8 Å². The van der Waals surface area contributed by atoms with Gasteiger partial charge in [-0.05, 0) is 44.7 Å². The van der Waals surface area contributed by atoms with Crippen molar-refractivity contribution in [2.75, 3.05) is 7.11 Å². The van der Waals surface area contributed by atoms with Gasteiger partial charge >= 0.3 is 0 Å². The molecule has 3 N–H and O–H groups in total. The minimum Gasteiger partial charge on any atom is -0.481 e. The van der Waals surface area contributed by atoms with E-state index in [0.717, 1.165) is 23.9 Å². The van der Waals surface area contributed by atoms with E-state index in [0.29, 0.717) is 30.7 Å². The van der Waals surface area contributed by atoms with Crippen LogP contribution >= 0.6 is 11.3 Å². The fraction of sp³-hybridized carbons (Fsp3) is 0.500. The van der Waals surface area contributed by atoms with Gasteiger partial charge in [0.25, 0.3) is 11.9 Å². The lowest BCUT2D eigenvalue weighted by Gasteiger charge is -2.35. The highest BCUT2D eigenvalue weighted by Gasteiger charge is 2.35. The number of aliphatic carboxylic acids is 1. The predicted octanol–water partition coefficient (Wildman–Crippen LogP) is 2.48. The van der Waals surface area contributed by atoms with E-state index in [1.807, 2.05) is 26.0 Å². The number of methoxy groups -OCH3 is 1. The molecule has 3 atom stereocenters. The molecular weight excluding hydrogens is 432 g/mol. The first-order valence-corrected chi connectivity index (χ1v) is 11.2. The molecule has 0 aliphatic heterocycles. The Labute approximate surface area is 191 Å². The number of nitrogens with zero attached hydrogens (tertiary/aromatic N) is 2. The van der Waals surface area contributed by atoms with Crippen LogP contribution in [-0.2, 0) is 20.9 Å². The van der Waals surface area contributed by atoms with Crippen LogP contribution in [0.25, 0.3) is 0 Å². The van der Waals surface area contributed by atoms with Crippen LogP contribution in [0.5, 0.6) is 0 Å². The van der Waals surface area contributed by atoms with Crippen molar-refractivity contribution in [3.63, 3.8) is 0 Å². The van der Waals surface area contributed by atoms with E-state index in [-0.39, 0.29) is 29.9 Å². The standard InChI is InChI=1S/C20H26N4O3S.C2H4O2/c1-12-5-4-8-21-16(12)10-22-19(25)14-6-7-15(17(9-14)27-3)24-20(26)18-13(2)23-11-28-18;1-2(3)4/h4-5,8,11,14-15,17H,6-7,9-10H2,1-3H3,(H,22,25)(H,24,26);1H3,(H,3,4)/t14-,15-,17-;/m0./s1. The van der Waals surface area contributed by atoms with E-state index in [4.69, 9.17) is 14.6 Å². The van der Waals surface area contributed by atoms with Gasteiger partial charge in [-0.3, -0.25) is 19.4 Å². The number of thiazole rings is 1. The highest BCUT2D eigenvalue weighted by molar-refractivity contribution is 7.11. The van der Waals surface area contributed by atoms with Gasteiger partial charge in [0.15, 0.2) is 0 Å². The molecule has 1 aliphatic carbocycles. The summed E-state index contributed by atoms with van der Waals surface area (Å²) < 4.78 is 5.60. The van der Waals surface area contributed by atoms with Gasteiger partial charge in [0.1, 0.15) is 4.88 Å². The second-order valence-electron chi connectivity index (χ2n) is 7.63. The molecule has 0 spiro atoms. The third-order valence-corrected chi connectivity index (χ3v) is 6.21. The molecule has 2 heterocycles. The summed E-state index contributed by atoms with van der Waals surface area (Å²) in [5, 5.41) is 13.5. The number of amides is 2. The van der Waals surface area contributed by atoms with Crippen molar-refractivity contribution in [2.45, 2.75) is 58.7 Å². The van der Waals surface area contributed by atoms with Crippen molar-refractivity contribution in [2.24, 2.45) is 5.92 Å². The van der Waals surface area contributed by atoms with Gasteiger partial charge in [-0.1, -0.05) is 6.07 Å².